The van der Waals surface area contributed by atoms with Gasteiger partial charge in [0, 0.05) is 16.8 Å². The van der Waals surface area contributed by atoms with Crippen LogP contribution in [0.4, 0.5) is 17.1 Å². The number of rotatable bonds is 4. The lowest BCUT2D eigenvalue weighted by Gasteiger charge is -2.28. The molecule has 0 saturated carbocycles. The van der Waals surface area contributed by atoms with Crippen molar-refractivity contribution in [1.29, 1.82) is 0 Å². The van der Waals surface area contributed by atoms with Crippen molar-refractivity contribution in [3.05, 3.63) is 164 Å². The number of anilines is 3. The molecule has 8 aromatic carbocycles. The SMILES string of the molecule is c1ccc(N(c2ccccc2)c2cc3cc(-c4ccc5ccccc5c4)c4ccccc4c3c3ccccc23)cc1. The van der Waals surface area contributed by atoms with Crippen LogP contribution in [0.3, 0.4) is 0 Å². The summed E-state index contributed by atoms with van der Waals surface area (Å²) in [5.41, 5.74) is 5.94. The van der Waals surface area contributed by atoms with Crippen molar-refractivity contribution >= 4 is 60.2 Å². The van der Waals surface area contributed by atoms with Gasteiger partial charge < -0.3 is 4.90 Å². The molecule has 1 heteroatoms. The van der Waals surface area contributed by atoms with E-state index in [1.165, 1.54) is 59.9 Å². The van der Waals surface area contributed by atoms with E-state index in [4.69, 9.17) is 0 Å². The zero-order valence-corrected chi connectivity index (χ0v) is 22.5. The van der Waals surface area contributed by atoms with Gasteiger partial charge in [-0.2, -0.15) is 0 Å². The third-order valence-electron chi connectivity index (χ3n) is 8.17. The molecule has 8 rings (SSSR count). The second-order valence-electron chi connectivity index (χ2n) is 10.6. The molecule has 41 heavy (non-hydrogen) atoms. The molecule has 0 unspecified atom stereocenters. The Morgan fingerprint density at radius 3 is 1.56 bits per heavy atom. The van der Waals surface area contributed by atoms with E-state index in [1.807, 2.05) is 0 Å². The van der Waals surface area contributed by atoms with Crippen molar-refractivity contribution in [2.75, 3.05) is 4.90 Å². The molecule has 0 spiro atoms. The second-order valence-corrected chi connectivity index (χ2v) is 10.6. The summed E-state index contributed by atoms with van der Waals surface area (Å²) in [6.07, 6.45) is 0. The molecule has 0 fully saturated rings. The van der Waals surface area contributed by atoms with Gasteiger partial charge in [-0.3, -0.25) is 0 Å². The molecule has 0 aliphatic heterocycles. The standard InChI is InChI=1S/C40H27N/c1-3-15-32(16-4-1)41(33-17-5-2-6-18-33)39-27-31-26-38(30-24-23-28-13-7-8-14-29(28)25-30)34-19-9-11-21-36(34)40(31)37-22-12-10-20-35(37)39/h1-27H. The van der Waals surface area contributed by atoms with Crippen LogP contribution in [0.2, 0.25) is 0 Å². The van der Waals surface area contributed by atoms with Crippen LogP contribution in [0.25, 0.3) is 54.2 Å². The fourth-order valence-corrected chi connectivity index (χ4v) is 6.32. The van der Waals surface area contributed by atoms with E-state index in [-0.39, 0.29) is 0 Å². The van der Waals surface area contributed by atoms with Crippen molar-refractivity contribution in [3.63, 3.8) is 0 Å². The van der Waals surface area contributed by atoms with E-state index in [2.05, 4.69) is 169 Å². The fourth-order valence-electron chi connectivity index (χ4n) is 6.32. The van der Waals surface area contributed by atoms with Gasteiger partial charge in [0.1, 0.15) is 0 Å². The zero-order chi connectivity index (χ0) is 27.2. The molecule has 0 heterocycles. The minimum atomic E-state index is 1.14. The highest BCUT2D eigenvalue weighted by Crippen LogP contribution is 2.45. The maximum Gasteiger partial charge on any atom is 0.0546 e. The van der Waals surface area contributed by atoms with Crippen LogP contribution in [-0.4, -0.2) is 0 Å². The Labute approximate surface area is 239 Å². The highest BCUT2D eigenvalue weighted by molar-refractivity contribution is 6.26. The Morgan fingerprint density at radius 1 is 0.341 bits per heavy atom. The summed E-state index contributed by atoms with van der Waals surface area (Å²) in [4.78, 5) is 2.38. The predicted octanol–water partition coefficient (Wildman–Crippen LogP) is 11.4. The minimum absolute atomic E-state index is 1.14. The molecule has 0 aliphatic rings. The van der Waals surface area contributed by atoms with E-state index in [0.717, 1.165) is 11.4 Å². The third-order valence-corrected chi connectivity index (χ3v) is 8.17. The molecule has 0 saturated heterocycles. The van der Waals surface area contributed by atoms with Crippen LogP contribution in [-0.2, 0) is 0 Å². The van der Waals surface area contributed by atoms with Gasteiger partial charge in [0.15, 0.2) is 0 Å². The molecular formula is C40H27N. The maximum absolute atomic E-state index is 2.39. The summed E-state index contributed by atoms with van der Waals surface area (Å²) in [6.45, 7) is 0. The summed E-state index contributed by atoms with van der Waals surface area (Å²) in [7, 11) is 0. The minimum Gasteiger partial charge on any atom is -0.310 e. The number of fused-ring (bicyclic) bond motifs is 6. The quantitative estimate of drug-likeness (QED) is 0.208. The largest absolute Gasteiger partial charge is 0.310 e. The van der Waals surface area contributed by atoms with E-state index >= 15 is 0 Å². The first-order chi connectivity index (χ1) is 20.3. The Kier molecular flexibility index (Phi) is 5.53. The molecule has 0 aromatic heterocycles. The molecule has 0 amide bonds. The Morgan fingerprint density at radius 2 is 0.878 bits per heavy atom. The van der Waals surface area contributed by atoms with E-state index in [9.17, 15) is 0 Å². The van der Waals surface area contributed by atoms with E-state index in [0.29, 0.717) is 0 Å². The lowest BCUT2D eigenvalue weighted by molar-refractivity contribution is 1.30. The molecule has 0 aliphatic carbocycles. The Bertz CT molecular complexity index is 2160. The van der Waals surface area contributed by atoms with Gasteiger partial charge >= 0.3 is 0 Å². The van der Waals surface area contributed by atoms with Crippen LogP contribution in [0.15, 0.2) is 164 Å². The van der Waals surface area contributed by atoms with Crippen LogP contribution < -0.4 is 4.90 Å². The first kappa shape index (κ1) is 23.5. The first-order valence-electron chi connectivity index (χ1n) is 14.1. The average Bonchev–Trinajstić information content (AvgIpc) is 3.05. The molecule has 192 valence electrons. The Balaban J connectivity index is 1.48. The number of benzene rings is 8. The van der Waals surface area contributed by atoms with Gasteiger partial charge in [0.2, 0.25) is 0 Å². The smallest absolute Gasteiger partial charge is 0.0546 e. The molecule has 0 bridgehead atoms. The number of hydrogen-bond donors (Lipinski definition) is 0. The summed E-state index contributed by atoms with van der Waals surface area (Å²) < 4.78 is 0. The zero-order valence-electron chi connectivity index (χ0n) is 22.5. The van der Waals surface area contributed by atoms with Gasteiger partial charge in [-0.15, -0.1) is 0 Å². The molecule has 0 atom stereocenters. The lowest BCUT2D eigenvalue weighted by atomic mass is 9.89. The molecule has 8 aromatic rings. The van der Waals surface area contributed by atoms with Crippen molar-refractivity contribution < 1.29 is 0 Å². The van der Waals surface area contributed by atoms with Crippen molar-refractivity contribution in [1.82, 2.24) is 0 Å². The number of hydrogen-bond acceptors (Lipinski definition) is 1. The highest BCUT2D eigenvalue weighted by Gasteiger charge is 2.19. The highest BCUT2D eigenvalue weighted by atomic mass is 15.1. The van der Waals surface area contributed by atoms with Gasteiger partial charge in [-0.1, -0.05) is 121 Å². The van der Waals surface area contributed by atoms with Crippen molar-refractivity contribution in [2.24, 2.45) is 0 Å². The van der Waals surface area contributed by atoms with Gasteiger partial charge in [-0.05, 0) is 91.3 Å². The summed E-state index contributed by atoms with van der Waals surface area (Å²) in [5.74, 6) is 0. The monoisotopic (exact) mass is 521 g/mol. The first-order valence-corrected chi connectivity index (χ1v) is 14.1. The fraction of sp³-hybridized carbons (Fsp3) is 0. The predicted molar refractivity (Wildman–Crippen MR) is 177 cm³/mol. The van der Waals surface area contributed by atoms with E-state index < -0.39 is 0 Å². The van der Waals surface area contributed by atoms with Crippen LogP contribution >= 0.6 is 0 Å². The van der Waals surface area contributed by atoms with Gasteiger partial charge in [-0.25, -0.2) is 0 Å². The average molecular weight is 522 g/mol. The summed E-state index contributed by atoms with van der Waals surface area (Å²) >= 11 is 0. The normalized spacial score (nSPS) is 11.4. The van der Waals surface area contributed by atoms with Crippen LogP contribution in [0.5, 0.6) is 0 Å². The van der Waals surface area contributed by atoms with Crippen molar-refractivity contribution in [3.8, 4) is 11.1 Å². The topological polar surface area (TPSA) is 3.24 Å². The van der Waals surface area contributed by atoms with Crippen LogP contribution in [0.1, 0.15) is 0 Å². The van der Waals surface area contributed by atoms with Crippen LogP contribution in [0, 0.1) is 0 Å². The molecular weight excluding hydrogens is 494 g/mol. The molecule has 0 radical (unpaired) electrons. The van der Waals surface area contributed by atoms with Gasteiger partial charge in [0.05, 0.1) is 5.69 Å². The number of nitrogens with zero attached hydrogens (tertiary/aromatic N) is 1. The summed E-state index contributed by atoms with van der Waals surface area (Å²) in [5, 5.41) is 10.1. The number of para-hydroxylation sites is 2. The second kappa shape index (κ2) is 9.66. The Hall–Kier alpha value is -5.40. The maximum atomic E-state index is 2.39. The summed E-state index contributed by atoms with van der Waals surface area (Å²) in [6, 6.07) is 59.3. The van der Waals surface area contributed by atoms with Gasteiger partial charge in [0.25, 0.3) is 0 Å². The third kappa shape index (κ3) is 3.94. The van der Waals surface area contributed by atoms with E-state index in [1.54, 1.807) is 0 Å². The molecule has 0 N–H and O–H groups in total. The van der Waals surface area contributed by atoms with Crippen molar-refractivity contribution in [2.45, 2.75) is 0 Å². The molecule has 1 nitrogen and oxygen atoms in total. The lowest BCUT2D eigenvalue weighted by Crippen LogP contribution is -2.10.